The minimum absolute atomic E-state index is 0.00808. The molecule has 1 fully saturated rings. The molecule has 0 aliphatic carbocycles. The summed E-state index contributed by atoms with van der Waals surface area (Å²) < 4.78 is 5.11. The van der Waals surface area contributed by atoms with Crippen LogP contribution in [0.2, 0.25) is 0 Å². The Morgan fingerprint density at radius 2 is 2.50 bits per heavy atom. The van der Waals surface area contributed by atoms with Crippen LogP contribution in [-0.4, -0.2) is 48.5 Å². The van der Waals surface area contributed by atoms with Crippen LogP contribution in [0.3, 0.4) is 0 Å². The molecular weight excluding hydrogens is 180 g/mol. The molecule has 1 saturated heterocycles. The molecule has 0 amide bonds. The highest BCUT2D eigenvalue weighted by atomic mass is 16.5. The van der Waals surface area contributed by atoms with Crippen molar-refractivity contribution in [2.24, 2.45) is 0 Å². The minimum Gasteiger partial charge on any atom is -0.389 e. The predicted molar refractivity (Wildman–Crippen MR) is 52.7 cm³/mol. The summed E-state index contributed by atoms with van der Waals surface area (Å²) in [6, 6.07) is 2.24. The molecule has 4 nitrogen and oxygen atoms in total. The van der Waals surface area contributed by atoms with Crippen molar-refractivity contribution in [1.82, 2.24) is 4.90 Å². The Labute approximate surface area is 85.1 Å². The normalized spacial score (nSPS) is 24.8. The Kier molecular flexibility index (Phi) is 4.88. The first-order valence-electron chi connectivity index (χ1n) is 5.17. The largest absolute Gasteiger partial charge is 0.389 e. The summed E-state index contributed by atoms with van der Waals surface area (Å²) in [5.74, 6) is 0. The summed E-state index contributed by atoms with van der Waals surface area (Å²) in [6.07, 6.45) is 1.51. The molecule has 0 aromatic carbocycles. The van der Waals surface area contributed by atoms with Crippen molar-refractivity contribution < 1.29 is 9.84 Å². The molecule has 0 bridgehead atoms. The molecule has 80 valence electrons. The van der Waals surface area contributed by atoms with Gasteiger partial charge in [-0.05, 0) is 26.3 Å². The van der Waals surface area contributed by atoms with Crippen molar-refractivity contribution in [2.45, 2.75) is 31.9 Å². The van der Waals surface area contributed by atoms with Gasteiger partial charge in [0.2, 0.25) is 0 Å². The van der Waals surface area contributed by atoms with Gasteiger partial charge in [-0.3, -0.25) is 4.90 Å². The Morgan fingerprint density at radius 1 is 1.71 bits per heavy atom. The summed E-state index contributed by atoms with van der Waals surface area (Å²) in [7, 11) is 0. The van der Waals surface area contributed by atoms with Gasteiger partial charge in [0, 0.05) is 13.2 Å². The summed E-state index contributed by atoms with van der Waals surface area (Å²) in [6.45, 7) is 4.37. The van der Waals surface area contributed by atoms with Crippen molar-refractivity contribution in [1.29, 1.82) is 5.26 Å². The molecule has 0 saturated carbocycles. The Morgan fingerprint density at radius 3 is 3.14 bits per heavy atom. The number of nitriles is 1. The van der Waals surface area contributed by atoms with E-state index in [4.69, 9.17) is 10.00 Å². The van der Waals surface area contributed by atoms with E-state index in [2.05, 4.69) is 6.07 Å². The Balaban J connectivity index is 2.25. The van der Waals surface area contributed by atoms with Crippen LogP contribution in [0, 0.1) is 11.3 Å². The zero-order valence-corrected chi connectivity index (χ0v) is 8.65. The second kappa shape index (κ2) is 5.97. The van der Waals surface area contributed by atoms with Crippen LogP contribution < -0.4 is 0 Å². The third-order valence-corrected chi connectivity index (χ3v) is 2.47. The topological polar surface area (TPSA) is 56.5 Å². The molecule has 0 radical (unpaired) electrons. The lowest BCUT2D eigenvalue weighted by atomic mass is 10.2. The third kappa shape index (κ3) is 3.26. The van der Waals surface area contributed by atoms with E-state index >= 15 is 0 Å². The second-order valence-corrected chi connectivity index (χ2v) is 3.60. The van der Waals surface area contributed by atoms with Gasteiger partial charge in [-0.25, -0.2) is 0 Å². The quantitative estimate of drug-likeness (QED) is 0.693. The first kappa shape index (κ1) is 11.4. The molecule has 1 N–H and O–H groups in total. The number of aliphatic hydroxyl groups excluding tert-OH is 1. The summed E-state index contributed by atoms with van der Waals surface area (Å²) in [5.41, 5.74) is 0. The van der Waals surface area contributed by atoms with E-state index in [1.54, 1.807) is 0 Å². The summed E-state index contributed by atoms with van der Waals surface area (Å²) in [5, 5.41) is 18.4. The average Bonchev–Trinajstić information content (AvgIpc) is 2.62. The molecular formula is C10H18N2O2. The van der Waals surface area contributed by atoms with Crippen molar-refractivity contribution in [3.63, 3.8) is 0 Å². The SMILES string of the molecule is CCOCC(O)CN1CCCC1C#N. The predicted octanol–water partition coefficient (Wildman–Crippen LogP) is 0.372. The third-order valence-electron chi connectivity index (χ3n) is 2.47. The average molecular weight is 198 g/mol. The highest BCUT2D eigenvalue weighted by Crippen LogP contribution is 2.16. The van der Waals surface area contributed by atoms with Gasteiger partial charge in [0.15, 0.2) is 0 Å². The van der Waals surface area contributed by atoms with Crippen molar-refractivity contribution in [3.8, 4) is 6.07 Å². The van der Waals surface area contributed by atoms with Crippen LogP contribution in [-0.2, 0) is 4.74 Å². The number of β-amino-alcohol motifs (C(OH)–C–C–N with tert-alkyl or cyclic N) is 1. The van der Waals surface area contributed by atoms with E-state index in [0.717, 1.165) is 19.4 Å². The zero-order chi connectivity index (χ0) is 10.4. The van der Waals surface area contributed by atoms with Gasteiger partial charge in [-0.1, -0.05) is 0 Å². The molecule has 0 spiro atoms. The summed E-state index contributed by atoms with van der Waals surface area (Å²) in [4.78, 5) is 2.03. The number of hydrogen-bond acceptors (Lipinski definition) is 4. The number of hydrogen-bond donors (Lipinski definition) is 1. The van der Waals surface area contributed by atoms with Crippen LogP contribution in [0.1, 0.15) is 19.8 Å². The van der Waals surface area contributed by atoms with E-state index in [1.165, 1.54) is 0 Å². The van der Waals surface area contributed by atoms with E-state index < -0.39 is 6.10 Å². The Bertz CT molecular complexity index is 203. The van der Waals surface area contributed by atoms with E-state index in [9.17, 15) is 5.11 Å². The first-order chi connectivity index (χ1) is 6.77. The maximum atomic E-state index is 9.58. The fourth-order valence-corrected chi connectivity index (χ4v) is 1.77. The van der Waals surface area contributed by atoms with Gasteiger partial charge in [0.1, 0.15) is 0 Å². The number of nitrogens with zero attached hydrogens (tertiary/aromatic N) is 2. The van der Waals surface area contributed by atoms with E-state index in [-0.39, 0.29) is 6.04 Å². The van der Waals surface area contributed by atoms with Crippen LogP contribution in [0.4, 0.5) is 0 Å². The fourth-order valence-electron chi connectivity index (χ4n) is 1.77. The van der Waals surface area contributed by atoms with Crippen LogP contribution in [0.15, 0.2) is 0 Å². The maximum Gasteiger partial charge on any atom is 0.0979 e. The minimum atomic E-state index is -0.469. The maximum absolute atomic E-state index is 9.58. The molecule has 2 atom stereocenters. The highest BCUT2D eigenvalue weighted by Gasteiger charge is 2.25. The summed E-state index contributed by atoms with van der Waals surface area (Å²) >= 11 is 0. The number of ether oxygens (including phenoxy) is 1. The van der Waals surface area contributed by atoms with Gasteiger partial charge in [0.25, 0.3) is 0 Å². The molecule has 14 heavy (non-hydrogen) atoms. The molecule has 0 aromatic heterocycles. The monoisotopic (exact) mass is 198 g/mol. The molecule has 2 unspecified atom stereocenters. The molecule has 0 aromatic rings. The number of likely N-dealkylation sites (tertiary alicyclic amines) is 1. The number of aliphatic hydroxyl groups is 1. The molecule has 1 aliphatic heterocycles. The zero-order valence-electron chi connectivity index (χ0n) is 8.65. The lowest BCUT2D eigenvalue weighted by Crippen LogP contribution is -2.37. The number of rotatable bonds is 5. The lowest BCUT2D eigenvalue weighted by molar-refractivity contribution is 0.0220. The fraction of sp³-hybridized carbons (Fsp3) is 0.900. The molecule has 1 heterocycles. The van der Waals surface area contributed by atoms with Gasteiger partial charge in [-0.2, -0.15) is 5.26 Å². The van der Waals surface area contributed by atoms with Crippen molar-refractivity contribution in [3.05, 3.63) is 0 Å². The van der Waals surface area contributed by atoms with Gasteiger partial charge in [0.05, 0.1) is 24.8 Å². The highest BCUT2D eigenvalue weighted by molar-refractivity contribution is 4.96. The second-order valence-electron chi connectivity index (χ2n) is 3.60. The van der Waals surface area contributed by atoms with E-state index in [1.807, 2.05) is 11.8 Å². The van der Waals surface area contributed by atoms with Crippen LogP contribution in [0.25, 0.3) is 0 Å². The van der Waals surface area contributed by atoms with Crippen LogP contribution in [0.5, 0.6) is 0 Å². The smallest absolute Gasteiger partial charge is 0.0979 e. The Hall–Kier alpha value is -0.630. The lowest BCUT2D eigenvalue weighted by Gasteiger charge is -2.22. The van der Waals surface area contributed by atoms with Crippen LogP contribution >= 0.6 is 0 Å². The standard InChI is InChI=1S/C10H18N2O2/c1-2-14-8-10(13)7-12-5-3-4-9(12)6-11/h9-10,13H,2-5,7-8H2,1H3. The van der Waals surface area contributed by atoms with Crippen molar-refractivity contribution in [2.75, 3.05) is 26.3 Å². The van der Waals surface area contributed by atoms with E-state index in [0.29, 0.717) is 19.8 Å². The molecule has 1 rings (SSSR count). The van der Waals surface area contributed by atoms with Crippen molar-refractivity contribution >= 4 is 0 Å². The van der Waals surface area contributed by atoms with Gasteiger partial charge in [-0.15, -0.1) is 0 Å². The van der Waals surface area contributed by atoms with Gasteiger partial charge >= 0.3 is 0 Å². The van der Waals surface area contributed by atoms with Gasteiger partial charge < -0.3 is 9.84 Å². The molecule has 1 aliphatic rings. The first-order valence-corrected chi connectivity index (χ1v) is 5.17. The molecule has 4 heteroatoms.